The molecule has 0 radical (unpaired) electrons. The second kappa shape index (κ2) is 13.2. The monoisotopic (exact) mass is 486 g/mol. The Hall–Kier alpha value is -3.56. The number of amides is 3. The van der Waals surface area contributed by atoms with E-state index in [1.165, 1.54) is 19.4 Å². The standard InChI is InChI=1S/C19H30N6O9/c1-8(26)14(24-16(30)11(20)3-4-13(28)29)18(32)23-12(5-10-6-21-7-22-10)17(31)25-15(9(2)27)19(33)34/h6-9,11-12,14-15,26-27H,3-5,20H2,1-2H3,(H,21,22)(H,23,32)(H,24,30)(H,25,31)(H,28,29)(H,33,34). The van der Waals surface area contributed by atoms with E-state index in [-0.39, 0.29) is 19.3 Å². The van der Waals surface area contributed by atoms with E-state index in [0.717, 1.165) is 6.92 Å². The number of aliphatic hydroxyl groups is 2. The fourth-order valence-electron chi connectivity index (χ4n) is 2.81. The van der Waals surface area contributed by atoms with Crippen molar-refractivity contribution < 1.29 is 44.4 Å². The molecule has 34 heavy (non-hydrogen) atoms. The lowest BCUT2D eigenvalue weighted by molar-refractivity contribution is -0.145. The predicted molar refractivity (Wildman–Crippen MR) is 114 cm³/mol. The largest absolute Gasteiger partial charge is 0.481 e. The van der Waals surface area contributed by atoms with E-state index in [4.69, 9.17) is 10.8 Å². The van der Waals surface area contributed by atoms with Crippen LogP contribution in [0.25, 0.3) is 0 Å². The molecule has 3 amide bonds. The van der Waals surface area contributed by atoms with E-state index in [1.807, 2.05) is 0 Å². The van der Waals surface area contributed by atoms with Gasteiger partial charge in [0, 0.05) is 24.7 Å². The fraction of sp³-hybridized carbons (Fsp3) is 0.579. The number of carboxylic acids is 2. The quantitative estimate of drug-likeness (QED) is 0.124. The summed E-state index contributed by atoms with van der Waals surface area (Å²) in [5.74, 6) is -5.50. The minimum Gasteiger partial charge on any atom is -0.481 e. The first kappa shape index (κ1) is 28.5. The molecule has 0 bridgehead atoms. The first-order valence-electron chi connectivity index (χ1n) is 10.3. The maximum absolute atomic E-state index is 12.8. The van der Waals surface area contributed by atoms with Gasteiger partial charge in [-0.05, 0) is 20.3 Å². The summed E-state index contributed by atoms with van der Waals surface area (Å²) in [4.78, 5) is 66.3. The minimum atomic E-state index is -1.66. The fourth-order valence-corrected chi connectivity index (χ4v) is 2.81. The highest BCUT2D eigenvalue weighted by atomic mass is 16.4. The average Bonchev–Trinajstić information content (AvgIpc) is 3.25. The van der Waals surface area contributed by atoms with Crippen molar-refractivity contribution in [1.82, 2.24) is 25.9 Å². The topological polar surface area (TPSA) is 257 Å². The number of hydrogen-bond acceptors (Lipinski definition) is 9. The van der Waals surface area contributed by atoms with Crippen molar-refractivity contribution in [3.63, 3.8) is 0 Å². The van der Waals surface area contributed by atoms with Gasteiger partial charge >= 0.3 is 11.9 Å². The number of aromatic nitrogens is 2. The Bertz CT molecular complexity index is 858. The molecule has 15 heteroatoms. The molecule has 0 aliphatic carbocycles. The molecular weight excluding hydrogens is 456 g/mol. The van der Waals surface area contributed by atoms with Crippen molar-refractivity contribution in [3.8, 4) is 0 Å². The van der Waals surface area contributed by atoms with Crippen molar-refractivity contribution in [3.05, 3.63) is 18.2 Å². The van der Waals surface area contributed by atoms with Crippen LogP contribution in [0.5, 0.6) is 0 Å². The Morgan fingerprint density at radius 1 is 0.971 bits per heavy atom. The molecule has 0 fully saturated rings. The number of aliphatic carboxylic acids is 2. The van der Waals surface area contributed by atoms with Crippen molar-refractivity contribution in [2.24, 2.45) is 5.73 Å². The van der Waals surface area contributed by atoms with Crippen molar-refractivity contribution in [1.29, 1.82) is 0 Å². The Morgan fingerprint density at radius 3 is 2.03 bits per heavy atom. The molecule has 0 aromatic carbocycles. The molecular formula is C19H30N6O9. The molecule has 0 saturated carbocycles. The number of carbonyl (C=O) groups is 5. The highest BCUT2D eigenvalue weighted by Gasteiger charge is 2.33. The third-order valence-corrected chi connectivity index (χ3v) is 4.73. The van der Waals surface area contributed by atoms with E-state index in [9.17, 15) is 39.3 Å². The van der Waals surface area contributed by atoms with Gasteiger partial charge in [0.2, 0.25) is 17.7 Å². The average molecular weight is 486 g/mol. The van der Waals surface area contributed by atoms with E-state index >= 15 is 0 Å². The minimum absolute atomic E-state index is 0.164. The third kappa shape index (κ3) is 9.13. The number of nitrogens with zero attached hydrogens (tertiary/aromatic N) is 1. The lowest BCUT2D eigenvalue weighted by atomic mass is 10.1. The van der Waals surface area contributed by atoms with Gasteiger partial charge in [0.25, 0.3) is 0 Å². The zero-order valence-electron chi connectivity index (χ0n) is 18.6. The molecule has 0 aliphatic heterocycles. The van der Waals surface area contributed by atoms with Crippen LogP contribution in [0.4, 0.5) is 0 Å². The molecule has 1 aromatic rings. The van der Waals surface area contributed by atoms with Crippen molar-refractivity contribution in [2.45, 2.75) is 69.5 Å². The van der Waals surface area contributed by atoms with Gasteiger partial charge in [-0.2, -0.15) is 0 Å². The molecule has 1 heterocycles. The van der Waals surface area contributed by atoms with Gasteiger partial charge in [0.15, 0.2) is 6.04 Å². The van der Waals surface area contributed by atoms with Crippen LogP contribution in [0.3, 0.4) is 0 Å². The number of carboxylic acid groups (broad SMARTS) is 2. The summed E-state index contributed by atoms with van der Waals surface area (Å²) in [6.07, 6.45) is -0.957. The summed E-state index contributed by atoms with van der Waals surface area (Å²) >= 11 is 0. The van der Waals surface area contributed by atoms with Gasteiger partial charge < -0.3 is 47.1 Å². The second-order valence-corrected chi connectivity index (χ2v) is 7.67. The molecule has 6 unspecified atom stereocenters. The van der Waals surface area contributed by atoms with E-state index < -0.39 is 66.0 Å². The molecule has 190 valence electrons. The summed E-state index contributed by atoms with van der Waals surface area (Å²) in [6.45, 7) is 2.36. The molecule has 0 aliphatic rings. The maximum Gasteiger partial charge on any atom is 0.328 e. The van der Waals surface area contributed by atoms with Crippen molar-refractivity contribution >= 4 is 29.7 Å². The SMILES string of the molecule is CC(O)C(NC(=O)C(Cc1cnc[nH]1)NC(=O)C(NC(=O)C(N)CCC(=O)O)C(C)O)C(=O)O. The lowest BCUT2D eigenvalue weighted by Gasteiger charge is -2.26. The van der Waals surface area contributed by atoms with Crippen LogP contribution in [0.2, 0.25) is 0 Å². The lowest BCUT2D eigenvalue weighted by Crippen LogP contribution is -2.60. The van der Waals surface area contributed by atoms with E-state index in [2.05, 4.69) is 25.9 Å². The molecule has 1 rings (SSSR count). The number of rotatable bonds is 14. The Kier molecular flexibility index (Phi) is 11.1. The van der Waals surface area contributed by atoms with E-state index in [1.54, 1.807) is 0 Å². The van der Waals surface area contributed by atoms with Gasteiger partial charge in [-0.25, -0.2) is 9.78 Å². The number of aromatic amines is 1. The van der Waals surface area contributed by atoms with Gasteiger partial charge in [-0.15, -0.1) is 0 Å². The predicted octanol–water partition coefficient (Wildman–Crippen LogP) is -3.56. The first-order valence-corrected chi connectivity index (χ1v) is 10.3. The number of carbonyl (C=O) groups excluding carboxylic acids is 3. The summed E-state index contributed by atoms with van der Waals surface area (Å²) in [6, 6.07) is -5.87. The highest BCUT2D eigenvalue weighted by Crippen LogP contribution is 2.04. The van der Waals surface area contributed by atoms with Gasteiger partial charge in [0.1, 0.15) is 12.1 Å². The van der Waals surface area contributed by atoms with E-state index in [0.29, 0.717) is 5.69 Å². The zero-order chi connectivity index (χ0) is 26.0. The Balaban J connectivity index is 3.00. The summed E-state index contributed by atoms with van der Waals surface area (Å²) in [7, 11) is 0. The second-order valence-electron chi connectivity index (χ2n) is 7.67. The Morgan fingerprint density at radius 2 is 1.56 bits per heavy atom. The third-order valence-electron chi connectivity index (χ3n) is 4.73. The number of aliphatic hydroxyl groups excluding tert-OH is 2. The number of H-pyrrole nitrogens is 1. The maximum atomic E-state index is 12.8. The summed E-state index contributed by atoms with van der Waals surface area (Å²) < 4.78 is 0. The van der Waals surface area contributed by atoms with Crippen LogP contribution < -0.4 is 21.7 Å². The molecule has 0 spiro atoms. The van der Waals surface area contributed by atoms with Crippen LogP contribution in [0, 0.1) is 0 Å². The van der Waals surface area contributed by atoms with Crippen LogP contribution in [-0.2, 0) is 30.4 Å². The van der Waals surface area contributed by atoms with Gasteiger partial charge in [-0.1, -0.05) is 0 Å². The molecule has 15 nitrogen and oxygen atoms in total. The Labute approximate surface area is 194 Å². The smallest absolute Gasteiger partial charge is 0.328 e. The molecule has 10 N–H and O–H groups in total. The summed E-state index contributed by atoms with van der Waals surface area (Å²) in [5.41, 5.74) is 6.02. The normalized spacial score (nSPS) is 16.3. The van der Waals surface area contributed by atoms with Crippen LogP contribution in [0.1, 0.15) is 32.4 Å². The number of nitrogens with one attached hydrogen (secondary N) is 4. The van der Waals surface area contributed by atoms with Gasteiger partial charge in [-0.3, -0.25) is 19.2 Å². The first-order chi connectivity index (χ1) is 15.8. The van der Waals surface area contributed by atoms with Crippen molar-refractivity contribution in [2.75, 3.05) is 0 Å². The number of nitrogens with two attached hydrogens (primary N) is 1. The summed E-state index contributed by atoms with van der Waals surface area (Å²) in [5, 5.41) is 44.2. The molecule has 0 saturated heterocycles. The van der Waals surface area contributed by atoms with Crippen LogP contribution in [0.15, 0.2) is 12.5 Å². The highest BCUT2D eigenvalue weighted by molar-refractivity contribution is 5.94. The molecule has 1 aromatic heterocycles. The zero-order valence-corrected chi connectivity index (χ0v) is 18.6. The van der Waals surface area contributed by atoms with Gasteiger partial charge in [0.05, 0.1) is 24.6 Å². The molecule has 6 atom stereocenters. The van der Waals surface area contributed by atoms with Crippen LogP contribution >= 0.6 is 0 Å². The number of hydrogen-bond donors (Lipinski definition) is 9. The number of imidazole rings is 1. The van der Waals surface area contributed by atoms with Crippen LogP contribution in [-0.4, -0.2) is 96.4 Å².